The van der Waals surface area contributed by atoms with Crippen LogP contribution in [-0.2, 0) is 4.79 Å². The standard InChI is InChI=1S/C4H9N3O2/c1-7(4(5)6)2-3(8)9/h2H2,1H3,(H3,5,6)(H,8,9)/i4+2. The van der Waals surface area contributed by atoms with E-state index < -0.39 is 5.97 Å². The van der Waals surface area contributed by atoms with Crippen molar-refractivity contribution in [1.29, 1.82) is 5.41 Å². The summed E-state index contributed by atoms with van der Waals surface area (Å²) in [7, 11) is 1.44. The first kappa shape index (κ1) is 7.74. The molecule has 0 saturated heterocycles. The molecule has 0 rings (SSSR count). The maximum Gasteiger partial charge on any atom is 0.323 e. The summed E-state index contributed by atoms with van der Waals surface area (Å²) in [5, 5.41) is 14.9. The molecule has 4 N–H and O–H groups in total. The lowest BCUT2D eigenvalue weighted by Gasteiger charge is -2.12. The van der Waals surface area contributed by atoms with E-state index in [0.717, 1.165) is 4.90 Å². The smallest absolute Gasteiger partial charge is 0.323 e. The zero-order chi connectivity index (χ0) is 7.44. The molecule has 0 heterocycles. The number of aliphatic carboxylic acids is 1. The van der Waals surface area contributed by atoms with Gasteiger partial charge in [0.15, 0.2) is 5.96 Å². The summed E-state index contributed by atoms with van der Waals surface area (Å²) >= 11 is 0. The van der Waals surface area contributed by atoms with Gasteiger partial charge in [0.05, 0.1) is 0 Å². The van der Waals surface area contributed by atoms with Crippen LogP contribution in [0, 0.1) is 5.41 Å². The number of rotatable bonds is 2. The predicted octanol–water partition coefficient (Wildman–Crippen LogP) is -1.10. The second-order valence-corrected chi connectivity index (χ2v) is 1.64. The zero-order valence-corrected chi connectivity index (χ0v) is 5.09. The third-order valence-corrected chi connectivity index (χ3v) is 0.784. The molecule has 0 saturated carbocycles. The number of likely N-dealkylation sites (N-methyl/N-ethyl adjacent to an activating group) is 1. The number of carbonyl (C=O) groups is 1. The monoisotopic (exact) mass is 133 g/mol. The molecule has 0 aliphatic rings. The SMILES string of the molecule is CN(CC(=O)O)[14C](=N)N. The third-order valence-electron chi connectivity index (χ3n) is 0.784. The van der Waals surface area contributed by atoms with Crippen LogP contribution in [0.4, 0.5) is 0 Å². The van der Waals surface area contributed by atoms with Gasteiger partial charge in [0.2, 0.25) is 0 Å². The molecule has 52 valence electrons. The molecular formula is C4H9N3O2. The van der Waals surface area contributed by atoms with E-state index in [2.05, 4.69) is 0 Å². The number of nitrogens with one attached hydrogen (secondary N) is 1. The molecule has 0 fully saturated rings. The number of carboxylic acids is 1. The average Bonchev–Trinajstić information content (AvgIpc) is 1.63. The third kappa shape index (κ3) is 3.33. The van der Waals surface area contributed by atoms with E-state index in [9.17, 15) is 4.79 Å². The highest BCUT2D eigenvalue weighted by Gasteiger charge is 2.03. The Morgan fingerprint density at radius 1 is 2.00 bits per heavy atom. The molecule has 0 spiro atoms. The van der Waals surface area contributed by atoms with Crippen LogP contribution >= 0.6 is 0 Å². The van der Waals surface area contributed by atoms with Crippen molar-refractivity contribution in [2.45, 2.75) is 0 Å². The lowest BCUT2D eigenvalue weighted by atomic mass is 10.6. The first-order valence-electron chi connectivity index (χ1n) is 2.31. The minimum Gasteiger partial charge on any atom is -0.480 e. The number of guanidine groups is 1. The zero-order valence-electron chi connectivity index (χ0n) is 5.09. The number of hydrogen-bond donors (Lipinski definition) is 3. The van der Waals surface area contributed by atoms with Crippen molar-refractivity contribution in [3.63, 3.8) is 0 Å². The summed E-state index contributed by atoms with van der Waals surface area (Å²) < 4.78 is 0. The van der Waals surface area contributed by atoms with E-state index in [4.69, 9.17) is 16.2 Å². The van der Waals surface area contributed by atoms with Gasteiger partial charge in [0.1, 0.15) is 6.54 Å². The fourth-order valence-electron chi connectivity index (χ4n) is 0.288. The van der Waals surface area contributed by atoms with Crippen molar-refractivity contribution >= 4 is 11.9 Å². The maximum absolute atomic E-state index is 9.92. The van der Waals surface area contributed by atoms with Gasteiger partial charge in [-0.15, -0.1) is 0 Å². The second-order valence-electron chi connectivity index (χ2n) is 1.64. The lowest BCUT2D eigenvalue weighted by molar-refractivity contribution is -0.137. The van der Waals surface area contributed by atoms with Crippen molar-refractivity contribution < 1.29 is 9.90 Å². The molecule has 0 atom stereocenters. The highest BCUT2D eigenvalue weighted by Crippen LogP contribution is 1.76. The van der Waals surface area contributed by atoms with Gasteiger partial charge in [0, 0.05) is 7.05 Å². The Morgan fingerprint density at radius 3 is 2.56 bits per heavy atom. The van der Waals surface area contributed by atoms with Gasteiger partial charge < -0.3 is 15.7 Å². The van der Waals surface area contributed by atoms with Crippen LogP contribution in [0.5, 0.6) is 0 Å². The predicted molar refractivity (Wildman–Crippen MR) is 32.2 cm³/mol. The molecule has 0 aromatic heterocycles. The van der Waals surface area contributed by atoms with E-state index in [-0.39, 0.29) is 12.5 Å². The number of carboxylic acid groups (broad SMARTS) is 1. The molecule has 0 bridgehead atoms. The van der Waals surface area contributed by atoms with E-state index >= 15 is 0 Å². The Balaban J connectivity index is 3.63. The van der Waals surface area contributed by atoms with Crippen LogP contribution in [0.15, 0.2) is 0 Å². The molecule has 0 aromatic carbocycles. The highest BCUT2D eigenvalue weighted by molar-refractivity contribution is 5.79. The second kappa shape index (κ2) is 2.91. The van der Waals surface area contributed by atoms with Crippen molar-refractivity contribution in [3.8, 4) is 0 Å². The van der Waals surface area contributed by atoms with E-state index in [0.29, 0.717) is 0 Å². The minimum atomic E-state index is -0.993. The number of nitrogens with zero attached hydrogens (tertiary/aromatic N) is 1. The fraction of sp³-hybridized carbons (Fsp3) is 0.500. The molecule has 0 aromatic rings. The molecule has 5 nitrogen and oxygen atoms in total. The maximum atomic E-state index is 9.92. The fourth-order valence-corrected chi connectivity index (χ4v) is 0.288. The van der Waals surface area contributed by atoms with Crippen molar-refractivity contribution in [3.05, 3.63) is 0 Å². The Kier molecular flexibility index (Phi) is 2.50. The van der Waals surface area contributed by atoms with Crippen LogP contribution in [0.3, 0.4) is 0 Å². The molecule has 9 heavy (non-hydrogen) atoms. The molecule has 0 amide bonds. The molecule has 0 radical (unpaired) electrons. The van der Waals surface area contributed by atoms with Crippen molar-refractivity contribution in [1.82, 2.24) is 4.90 Å². The highest BCUT2D eigenvalue weighted by atomic mass is 16.4. The van der Waals surface area contributed by atoms with Crippen LogP contribution in [0.1, 0.15) is 0 Å². The van der Waals surface area contributed by atoms with Gasteiger partial charge in [-0.1, -0.05) is 0 Å². The van der Waals surface area contributed by atoms with Gasteiger partial charge in [-0.2, -0.15) is 0 Å². The Hall–Kier alpha value is -1.26. The van der Waals surface area contributed by atoms with E-state index in [1.807, 2.05) is 0 Å². The van der Waals surface area contributed by atoms with Crippen LogP contribution < -0.4 is 5.73 Å². The van der Waals surface area contributed by atoms with E-state index in [1.54, 1.807) is 0 Å². The lowest BCUT2D eigenvalue weighted by Crippen LogP contribution is -2.36. The van der Waals surface area contributed by atoms with Crippen molar-refractivity contribution in [2.24, 2.45) is 5.73 Å². The molecular weight excluding hydrogens is 124 g/mol. The van der Waals surface area contributed by atoms with Gasteiger partial charge in [-0.25, -0.2) is 0 Å². The van der Waals surface area contributed by atoms with Crippen LogP contribution in [-0.4, -0.2) is 35.5 Å². The van der Waals surface area contributed by atoms with Gasteiger partial charge in [-0.3, -0.25) is 10.2 Å². The normalized spacial score (nSPS) is 8.56. The molecule has 0 aliphatic heterocycles. The Labute approximate surface area is 52.6 Å². The summed E-state index contributed by atoms with van der Waals surface area (Å²) in [6, 6.07) is 0. The first-order chi connectivity index (χ1) is 4.04. The Bertz CT molecular complexity index is 134. The number of hydrogen-bond acceptors (Lipinski definition) is 2. The summed E-state index contributed by atoms with van der Waals surface area (Å²) in [5.74, 6) is -1.23. The van der Waals surface area contributed by atoms with E-state index in [1.165, 1.54) is 7.05 Å². The molecule has 0 aliphatic carbocycles. The minimum absolute atomic E-state index is 0.227. The summed E-state index contributed by atoms with van der Waals surface area (Å²) in [4.78, 5) is 11.0. The summed E-state index contributed by atoms with van der Waals surface area (Å²) in [6.45, 7) is -0.227. The summed E-state index contributed by atoms with van der Waals surface area (Å²) in [5.41, 5.74) is 4.93. The Morgan fingerprint density at radius 2 is 2.44 bits per heavy atom. The van der Waals surface area contributed by atoms with Gasteiger partial charge >= 0.3 is 5.97 Å². The average molecular weight is 133 g/mol. The largest absolute Gasteiger partial charge is 0.480 e. The van der Waals surface area contributed by atoms with Crippen LogP contribution in [0.25, 0.3) is 0 Å². The van der Waals surface area contributed by atoms with Gasteiger partial charge in [0.25, 0.3) is 0 Å². The molecule has 5 heteroatoms. The topological polar surface area (TPSA) is 90.4 Å². The summed E-state index contributed by atoms with van der Waals surface area (Å²) in [6.07, 6.45) is 0. The number of nitrogens with two attached hydrogens (primary N) is 1. The molecule has 0 unspecified atom stereocenters. The first-order valence-corrected chi connectivity index (χ1v) is 2.31. The van der Waals surface area contributed by atoms with Crippen LogP contribution in [0.2, 0.25) is 0 Å². The van der Waals surface area contributed by atoms with Gasteiger partial charge in [-0.05, 0) is 0 Å². The van der Waals surface area contributed by atoms with Crippen molar-refractivity contribution in [2.75, 3.05) is 13.6 Å². The quantitative estimate of drug-likeness (QED) is 0.329.